The molecule has 3 aromatic rings. The number of likely N-dealkylation sites (tertiary alicyclic amines) is 1. The van der Waals surface area contributed by atoms with Crippen LogP contribution in [-0.4, -0.2) is 69.6 Å². The first-order chi connectivity index (χ1) is 16.7. The maximum Gasteiger partial charge on any atom is 0.233 e. The lowest BCUT2D eigenvalue weighted by atomic mass is 10.1. The van der Waals surface area contributed by atoms with Crippen molar-refractivity contribution in [1.82, 2.24) is 24.6 Å². The molecule has 0 spiro atoms. The van der Waals surface area contributed by atoms with Crippen LogP contribution >= 0.6 is 11.8 Å². The number of carbonyl (C=O) groups is 1. The average molecular weight is 480 g/mol. The standard InChI is InChI=1S/C26H33N5O2S/c1-33-18-17-30(19-22-11-5-2-6-12-22)25(32)21-34-26-28-27-24(20-29-15-9-4-10-16-29)31(26)23-13-7-3-8-14-23/h2-3,5-8,11-14H,4,9-10,15-21H2,1H3. The van der Waals surface area contributed by atoms with Gasteiger partial charge in [0.05, 0.1) is 18.9 Å². The van der Waals surface area contributed by atoms with Crippen LogP contribution in [0.5, 0.6) is 0 Å². The summed E-state index contributed by atoms with van der Waals surface area (Å²) in [7, 11) is 1.66. The van der Waals surface area contributed by atoms with Crippen LogP contribution in [0.2, 0.25) is 0 Å². The summed E-state index contributed by atoms with van der Waals surface area (Å²) < 4.78 is 7.34. The molecule has 0 unspecified atom stereocenters. The molecule has 1 aliphatic rings. The Hall–Kier alpha value is -2.68. The molecule has 1 aromatic heterocycles. The summed E-state index contributed by atoms with van der Waals surface area (Å²) in [5.74, 6) is 1.28. The molecular formula is C26H33N5O2S. The Bertz CT molecular complexity index is 1020. The Labute approximate surface area is 206 Å². The van der Waals surface area contributed by atoms with Crippen molar-refractivity contribution in [3.63, 3.8) is 0 Å². The molecule has 7 nitrogen and oxygen atoms in total. The van der Waals surface area contributed by atoms with Gasteiger partial charge in [-0.2, -0.15) is 0 Å². The fourth-order valence-corrected chi connectivity index (χ4v) is 5.04. The van der Waals surface area contributed by atoms with E-state index in [9.17, 15) is 4.79 Å². The second-order valence-electron chi connectivity index (χ2n) is 8.49. The summed E-state index contributed by atoms with van der Waals surface area (Å²) in [5.41, 5.74) is 2.13. The van der Waals surface area contributed by atoms with Crippen LogP contribution in [0.4, 0.5) is 0 Å². The Morgan fingerprint density at radius 1 is 1.00 bits per heavy atom. The van der Waals surface area contributed by atoms with E-state index in [0.29, 0.717) is 25.4 Å². The van der Waals surface area contributed by atoms with Crippen molar-refractivity contribution in [2.24, 2.45) is 0 Å². The minimum absolute atomic E-state index is 0.0612. The molecule has 1 fully saturated rings. The highest BCUT2D eigenvalue weighted by Gasteiger charge is 2.21. The minimum Gasteiger partial charge on any atom is -0.383 e. The van der Waals surface area contributed by atoms with Crippen LogP contribution in [0.25, 0.3) is 5.69 Å². The summed E-state index contributed by atoms with van der Waals surface area (Å²) in [5, 5.41) is 9.77. The number of methoxy groups -OCH3 is 1. The SMILES string of the molecule is COCCN(Cc1ccccc1)C(=O)CSc1nnc(CN2CCCCC2)n1-c1ccccc1. The van der Waals surface area contributed by atoms with Crippen LogP contribution in [0.15, 0.2) is 65.8 Å². The van der Waals surface area contributed by atoms with Crippen LogP contribution in [0, 0.1) is 0 Å². The molecule has 180 valence electrons. The molecule has 0 radical (unpaired) electrons. The molecule has 2 aromatic carbocycles. The smallest absolute Gasteiger partial charge is 0.233 e. The van der Waals surface area contributed by atoms with Crippen molar-refractivity contribution in [2.75, 3.05) is 39.1 Å². The monoisotopic (exact) mass is 479 g/mol. The topological polar surface area (TPSA) is 63.5 Å². The van der Waals surface area contributed by atoms with Gasteiger partial charge in [0, 0.05) is 25.9 Å². The molecule has 0 atom stereocenters. The van der Waals surface area contributed by atoms with Crippen LogP contribution in [-0.2, 0) is 22.6 Å². The minimum atomic E-state index is 0.0612. The van der Waals surface area contributed by atoms with E-state index in [2.05, 4.69) is 31.8 Å². The van der Waals surface area contributed by atoms with Gasteiger partial charge in [-0.1, -0.05) is 66.7 Å². The van der Waals surface area contributed by atoms with Gasteiger partial charge >= 0.3 is 0 Å². The number of benzene rings is 2. The highest BCUT2D eigenvalue weighted by molar-refractivity contribution is 7.99. The van der Waals surface area contributed by atoms with E-state index >= 15 is 0 Å². The largest absolute Gasteiger partial charge is 0.383 e. The van der Waals surface area contributed by atoms with E-state index in [-0.39, 0.29) is 5.91 Å². The first-order valence-electron chi connectivity index (χ1n) is 11.9. The number of nitrogens with zero attached hydrogens (tertiary/aromatic N) is 5. The number of hydrogen-bond acceptors (Lipinski definition) is 6. The Morgan fingerprint density at radius 2 is 1.71 bits per heavy atom. The first-order valence-corrected chi connectivity index (χ1v) is 12.9. The van der Waals surface area contributed by atoms with E-state index in [1.54, 1.807) is 7.11 Å². The van der Waals surface area contributed by atoms with Gasteiger partial charge in [0.2, 0.25) is 5.91 Å². The lowest BCUT2D eigenvalue weighted by Crippen LogP contribution is -2.34. The third-order valence-corrected chi connectivity index (χ3v) is 6.90. The number of piperidine rings is 1. The molecule has 34 heavy (non-hydrogen) atoms. The maximum absolute atomic E-state index is 13.2. The van der Waals surface area contributed by atoms with Gasteiger partial charge in [0.25, 0.3) is 0 Å². The number of rotatable bonds is 11. The second-order valence-corrected chi connectivity index (χ2v) is 9.43. The zero-order valence-corrected chi connectivity index (χ0v) is 20.6. The summed E-state index contributed by atoms with van der Waals surface area (Å²) in [6, 6.07) is 20.2. The molecule has 0 saturated carbocycles. The number of carbonyl (C=O) groups excluding carboxylic acids is 1. The van der Waals surface area contributed by atoms with Gasteiger partial charge in [-0.25, -0.2) is 0 Å². The number of ether oxygens (including phenoxy) is 1. The molecule has 1 saturated heterocycles. The zero-order chi connectivity index (χ0) is 23.6. The molecule has 0 N–H and O–H groups in total. The number of hydrogen-bond donors (Lipinski definition) is 0. The van der Waals surface area contributed by atoms with E-state index < -0.39 is 0 Å². The summed E-state index contributed by atoms with van der Waals surface area (Å²) in [4.78, 5) is 17.5. The van der Waals surface area contributed by atoms with E-state index in [1.165, 1.54) is 31.0 Å². The van der Waals surface area contributed by atoms with Crippen LogP contribution < -0.4 is 0 Å². The van der Waals surface area contributed by atoms with Gasteiger partial charge < -0.3 is 9.64 Å². The molecule has 0 aliphatic carbocycles. The number of thioether (sulfide) groups is 1. The quantitative estimate of drug-likeness (QED) is 0.387. The lowest BCUT2D eigenvalue weighted by Gasteiger charge is -2.26. The average Bonchev–Trinajstić information content (AvgIpc) is 3.29. The van der Waals surface area contributed by atoms with Crippen molar-refractivity contribution in [3.05, 3.63) is 72.1 Å². The first kappa shape index (κ1) is 24.4. The van der Waals surface area contributed by atoms with Crippen molar-refractivity contribution in [2.45, 2.75) is 37.5 Å². The van der Waals surface area contributed by atoms with Gasteiger partial charge in [-0.15, -0.1) is 10.2 Å². The number of para-hydroxylation sites is 1. The summed E-state index contributed by atoms with van der Waals surface area (Å²) >= 11 is 1.44. The van der Waals surface area contributed by atoms with Crippen LogP contribution in [0.3, 0.4) is 0 Å². The molecule has 4 rings (SSSR count). The van der Waals surface area contributed by atoms with E-state index in [1.807, 2.05) is 53.4 Å². The lowest BCUT2D eigenvalue weighted by molar-refractivity contribution is -0.129. The van der Waals surface area contributed by atoms with E-state index in [0.717, 1.165) is 41.9 Å². The van der Waals surface area contributed by atoms with Gasteiger partial charge in [-0.05, 0) is 43.6 Å². The fourth-order valence-electron chi connectivity index (χ4n) is 4.16. The Kier molecular flexibility index (Phi) is 9.12. The highest BCUT2D eigenvalue weighted by atomic mass is 32.2. The fraction of sp³-hybridized carbons (Fsp3) is 0.423. The van der Waals surface area contributed by atoms with Crippen molar-refractivity contribution < 1.29 is 9.53 Å². The second kappa shape index (κ2) is 12.7. The third kappa shape index (κ3) is 6.68. The van der Waals surface area contributed by atoms with Gasteiger partial charge in [0.15, 0.2) is 11.0 Å². The Morgan fingerprint density at radius 3 is 2.41 bits per heavy atom. The molecule has 2 heterocycles. The van der Waals surface area contributed by atoms with Gasteiger partial charge in [-0.3, -0.25) is 14.3 Å². The molecule has 1 amide bonds. The van der Waals surface area contributed by atoms with Crippen molar-refractivity contribution >= 4 is 17.7 Å². The van der Waals surface area contributed by atoms with Crippen LogP contribution in [0.1, 0.15) is 30.7 Å². The summed E-state index contributed by atoms with van der Waals surface area (Å²) in [6.45, 7) is 4.58. The predicted octanol–water partition coefficient (Wildman–Crippen LogP) is 4.02. The maximum atomic E-state index is 13.2. The van der Waals surface area contributed by atoms with Crippen molar-refractivity contribution in [1.29, 1.82) is 0 Å². The van der Waals surface area contributed by atoms with E-state index in [4.69, 9.17) is 4.74 Å². The number of aromatic nitrogens is 3. The Balaban J connectivity index is 1.48. The molecule has 1 aliphatic heterocycles. The normalized spacial score (nSPS) is 14.3. The third-order valence-electron chi connectivity index (χ3n) is 5.99. The molecule has 0 bridgehead atoms. The molecular weight excluding hydrogens is 446 g/mol. The number of amides is 1. The molecule has 8 heteroatoms. The van der Waals surface area contributed by atoms with Gasteiger partial charge in [0.1, 0.15) is 0 Å². The zero-order valence-electron chi connectivity index (χ0n) is 19.8. The highest BCUT2D eigenvalue weighted by Crippen LogP contribution is 2.24. The summed E-state index contributed by atoms with van der Waals surface area (Å²) in [6.07, 6.45) is 3.76. The predicted molar refractivity (Wildman–Crippen MR) is 135 cm³/mol. The van der Waals surface area contributed by atoms with Crippen molar-refractivity contribution in [3.8, 4) is 5.69 Å².